The molecule has 0 radical (unpaired) electrons. The monoisotopic (exact) mass is 453 g/mol. The highest BCUT2D eigenvalue weighted by atomic mass is 19.1. The van der Waals surface area contributed by atoms with E-state index in [2.05, 4.69) is 12.2 Å². The molecular weight excluding hydrogens is 412 g/mol. The van der Waals surface area contributed by atoms with Crippen molar-refractivity contribution in [2.24, 2.45) is 11.8 Å². The van der Waals surface area contributed by atoms with Gasteiger partial charge in [-0.05, 0) is 80.6 Å². The Hall–Kier alpha value is -1.95. The fraction of sp³-hybridized carbons (Fsp3) is 0.654. The number of carbonyl (C=O) groups excluding carboxylic acids is 1. The van der Waals surface area contributed by atoms with Crippen molar-refractivity contribution >= 4 is 5.91 Å². The lowest BCUT2D eigenvalue weighted by Gasteiger charge is -2.28. The van der Waals surface area contributed by atoms with Crippen LogP contribution in [0.15, 0.2) is 29.6 Å². The number of amides is 1. The van der Waals surface area contributed by atoms with Crippen LogP contribution in [0.4, 0.5) is 8.78 Å². The lowest BCUT2D eigenvalue weighted by Crippen LogP contribution is -2.32. The maximum atomic E-state index is 14.0. The van der Waals surface area contributed by atoms with Crippen LogP contribution in [0.2, 0.25) is 0 Å². The average Bonchev–Trinajstić information content (AvgIpc) is 2.83. The molecule has 0 heterocycles. The highest BCUT2D eigenvalue weighted by Crippen LogP contribution is 2.29. The number of hydrogen-bond acceptors (Lipinski definition) is 3. The van der Waals surface area contributed by atoms with Crippen LogP contribution in [0.1, 0.15) is 89.4 Å². The SMILES string of the molecule is CC.CCCC/C(COCC1CCC(CNC(=O)c2ccc(O)c(F)c2)CC1)=C(/F)CC. The lowest BCUT2D eigenvalue weighted by atomic mass is 9.82. The summed E-state index contributed by atoms with van der Waals surface area (Å²) in [5.74, 6) is -0.753. The van der Waals surface area contributed by atoms with Crippen LogP contribution >= 0.6 is 0 Å². The Morgan fingerprint density at radius 2 is 1.81 bits per heavy atom. The first-order valence-electron chi connectivity index (χ1n) is 12.1. The lowest BCUT2D eigenvalue weighted by molar-refractivity contribution is 0.0858. The zero-order valence-electron chi connectivity index (χ0n) is 20.2. The zero-order valence-corrected chi connectivity index (χ0v) is 20.2. The molecule has 2 N–H and O–H groups in total. The molecule has 1 amide bonds. The Labute approximate surface area is 192 Å². The van der Waals surface area contributed by atoms with E-state index in [4.69, 9.17) is 4.74 Å². The Kier molecular flexibility index (Phi) is 13.9. The van der Waals surface area contributed by atoms with Gasteiger partial charge in [0.2, 0.25) is 0 Å². The van der Waals surface area contributed by atoms with Crippen molar-refractivity contribution in [2.75, 3.05) is 19.8 Å². The number of allylic oxidation sites excluding steroid dienone is 1. The van der Waals surface area contributed by atoms with E-state index in [0.29, 0.717) is 38.0 Å². The normalized spacial score (nSPS) is 18.9. The predicted molar refractivity (Wildman–Crippen MR) is 126 cm³/mol. The number of halogens is 2. The Morgan fingerprint density at radius 3 is 2.41 bits per heavy atom. The van der Waals surface area contributed by atoms with E-state index < -0.39 is 11.6 Å². The van der Waals surface area contributed by atoms with Gasteiger partial charge in [-0.1, -0.05) is 34.1 Å². The summed E-state index contributed by atoms with van der Waals surface area (Å²) in [6.07, 6.45) is 7.28. The molecule has 0 spiro atoms. The summed E-state index contributed by atoms with van der Waals surface area (Å²) in [6.45, 7) is 9.53. The van der Waals surface area contributed by atoms with E-state index in [-0.39, 0.29) is 17.3 Å². The smallest absolute Gasteiger partial charge is 0.251 e. The fourth-order valence-electron chi connectivity index (χ4n) is 3.86. The predicted octanol–water partition coefficient (Wildman–Crippen LogP) is 6.93. The number of nitrogens with one attached hydrogen (secondary N) is 1. The molecule has 0 aliphatic heterocycles. The molecule has 1 aliphatic carbocycles. The van der Waals surface area contributed by atoms with Crippen LogP contribution < -0.4 is 5.32 Å². The summed E-state index contributed by atoms with van der Waals surface area (Å²) in [4.78, 5) is 12.2. The van der Waals surface area contributed by atoms with Gasteiger partial charge in [0.15, 0.2) is 11.6 Å². The molecule has 1 aromatic rings. The summed E-state index contributed by atoms with van der Waals surface area (Å²) in [6, 6.07) is 3.64. The Bertz CT molecular complexity index is 713. The number of unbranched alkanes of at least 4 members (excludes halogenated alkanes) is 1. The van der Waals surface area contributed by atoms with Crippen molar-refractivity contribution in [2.45, 2.75) is 79.1 Å². The number of ether oxygens (including phenoxy) is 1. The molecular formula is C26H41F2NO3. The number of phenols is 1. The van der Waals surface area contributed by atoms with Gasteiger partial charge in [0.25, 0.3) is 5.91 Å². The molecule has 0 aromatic heterocycles. The minimum atomic E-state index is -0.797. The van der Waals surface area contributed by atoms with Gasteiger partial charge in [-0.3, -0.25) is 4.79 Å². The maximum absolute atomic E-state index is 14.0. The van der Waals surface area contributed by atoms with E-state index in [1.807, 2.05) is 20.8 Å². The molecule has 2 rings (SSSR count). The number of benzene rings is 1. The van der Waals surface area contributed by atoms with Gasteiger partial charge in [0, 0.05) is 18.7 Å². The largest absolute Gasteiger partial charge is 0.505 e. The van der Waals surface area contributed by atoms with Gasteiger partial charge < -0.3 is 15.2 Å². The van der Waals surface area contributed by atoms with Gasteiger partial charge >= 0.3 is 0 Å². The third kappa shape index (κ3) is 9.68. The second kappa shape index (κ2) is 15.8. The van der Waals surface area contributed by atoms with Crippen molar-refractivity contribution < 1.29 is 23.4 Å². The average molecular weight is 454 g/mol. The zero-order chi connectivity index (χ0) is 23.9. The third-order valence-corrected chi connectivity index (χ3v) is 5.88. The van der Waals surface area contributed by atoms with Gasteiger partial charge in [0.1, 0.15) is 5.83 Å². The van der Waals surface area contributed by atoms with Crippen LogP contribution in [0.5, 0.6) is 5.75 Å². The molecule has 32 heavy (non-hydrogen) atoms. The van der Waals surface area contributed by atoms with Crippen LogP contribution in [-0.4, -0.2) is 30.8 Å². The van der Waals surface area contributed by atoms with Gasteiger partial charge in [-0.15, -0.1) is 0 Å². The van der Waals surface area contributed by atoms with E-state index >= 15 is 0 Å². The van der Waals surface area contributed by atoms with Crippen LogP contribution in [0, 0.1) is 17.7 Å². The first kappa shape index (κ1) is 28.1. The number of carbonyl (C=O) groups is 1. The fourth-order valence-corrected chi connectivity index (χ4v) is 3.86. The van der Waals surface area contributed by atoms with Crippen LogP contribution in [0.25, 0.3) is 0 Å². The van der Waals surface area contributed by atoms with Gasteiger partial charge in [-0.2, -0.15) is 0 Å². The van der Waals surface area contributed by atoms with Crippen molar-refractivity contribution in [1.82, 2.24) is 5.32 Å². The number of rotatable bonds is 11. The number of hydrogen-bond donors (Lipinski definition) is 2. The molecule has 182 valence electrons. The minimum Gasteiger partial charge on any atom is -0.505 e. The molecule has 1 aliphatic rings. The summed E-state index contributed by atoms with van der Waals surface area (Å²) >= 11 is 0. The quantitative estimate of drug-likeness (QED) is 0.382. The van der Waals surface area contributed by atoms with E-state index in [0.717, 1.165) is 56.6 Å². The highest BCUT2D eigenvalue weighted by Gasteiger charge is 2.22. The van der Waals surface area contributed by atoms with Crippen LogP contribution in [-0.2, 0) is 4.74 Å². The number of phenolic OH excluding ortho intramolecular Hbond substituents is 1. The second-order valence-electron chi connectivity index (χ2n) is 8.24. The molecule has 0 atom stereocenters. The molecule has 4 nitrogen and oxygen atoms in total. The van der Waals surface area contributed by atoms with Crippen molar-refractivity contribution in [3.05, 3.63) is 41.0 Å². The Morgan fingerprint density at radius 1 is 1.16 bits per heavy atom. The molecule has 0 bridgehead atoms. The van der Waals surface area contributed by atoms with Crippen LogP contribution in [0.3, 0.4) is 0 Å². The Balaban J connectivity index is 0.00000249. The van der Waals surface area contributed by atoms with Crippen molar-refractivity contribution in [3.63, 3.8) is 0 Å². The van der Waals surface area contributed by atoms with E-state index in [1.165, 1.54) is 12.1 Å². The minimum absolute atomic E-state index is 0.0311. The second-order valence-corrected chi connectivity index (χ2v) is 8.24. The molecule has 1 fully saturated rings. The third-order valence-electron chi connectivity index (χ3n) is 5.88. The maximum Gasteiger partial charge on any atom is 0.251 e. The van der Waals surface area contributed by atoms with Gasteiger partial charge in [0.05, 0.1) is 6.61 Å². The summed E-state index contributed by atoms with van der Waals surface area (Å²) < 4.78 is 33.2. The van der Waals surface area contributed by atoms with Crippen molar-refractivity contribution in [1.29, 1.82) is 0 Å². The molecule has 0 unspecified atom stereocenters. The first-order chi connectivity index (χ1) is 15.4. The van der Waals surface area contributed by atoms with Crippen molar-refractivity contribution in [3.8, 4) is 5.75 Å². The molecule has 0 saturated heterocycles. The summed E-state index contributed by atoms with van der Waals surface area (Å²) in [5.41, 5.74) is 1.01. The summed E-state index contributed by atoms with van der Waals surface area (Å²) in [7, 11) is 0. The first-order valence-corrected chi connectivity index (χ1v) is 12.1. The number of aromatic hydroxyl groups is 1. The standard InChI is InChI=1S/C24H35F2NO3.C2H6/c1-3-5-6-20(21(25)4-2)16-30-15-18-9-7-17(8-10-18)14-27-24(29)19-11-12-23(28)22(26)13-19;1-2/h11-13,17-18,28H,3-10,14-16H2,1-2H3,(H,27,29);1-2H3/b21-20-;. The highest BCUT2D eigenvalue weighted by molar-refractivity contribution is 5.94. The molecule has 1 aromatic carbocycles. The molecule has 6 heteroatoms. The molecule has 1 saturated carbocycles. The van der Waals surface area contributed by atoms with Gasteiger partial charge in [-0.25, -0.2) is 8.78 Å². The topological polar surface area (TPSA) is 58.6 Å². The summed E-state index contributed by atoms with van der Waals surface area (Å²) in [5, 5.41) is 12.1. The van der Waals surface area contributed by atoms with E-state index in [1.54, 1.807) is 0 Å². The van der Waals surface area contributed by atoms with E-state index in [9.17, 15) is 18.7 Å².